The molecule has 1 aromatic rings. The smallest absolute Gasteiger partial charge is 0.171 e. The summed E-state index contributed by atoms with van der Waals surface area (Å²) in [5.74, 6) is 1.60. The van der Waals surface area contributed by atoms with Crippen molar-refractivity contribution in [3.05, 3.63) is 18.3 Å². The molecule has 17 heavy (non-hydrogen) atoms. The van der Waals surface area contributed by atoms with Crippen LogP contribution in [0.3, 0.4) is 0 Å². The Morgan fingerprint density at radius 1 is 1.59 bits per heavy atom. The molecule has 0 spiro atoms. The average Bonchev–Trinajstić information content (AvgIpc) is 2.25. The van der Waals surface area contributed by atoms with E-state index in [4.69, 9.17) is 22.7 Å². The van der Waals surface area contributed by atoms with Gasteiger partial charge in [-0.1, -0.05) is 12.2 Å². The number of aromatic nitrogens is 1. The van der Waals surface area contributed by atoms with Crippen molar-refractivity contribution in [1.82, 2.24) is 4.98 Å². The number of nitrogens with zero attached hydrogens (tertiary/aromatic N) is 2. The summed E-state index contributed by atoms with van der Waals surface area (Å²) in [5, 5.41) is 0. The maximum atomic E-state index is 5.71. The molecule has 1 rings (SSSR count). The maximum absolute atomic E-state index is 5.71. The van der Waals surface area contributed by atoms with Crippen molar-refractivity contribution in [2.75, 3.05) is 18.5 Å². The van der Waals surface area contributed by atoms with Crippen LogP contribution >= 0.6 is 12.2 Å². The molecule has 0 aliphatic carbocycles. The monoisotopic (exact) mass is 253 g/mol. The second kappa shape index (κ2) is 6.39. The Bertz CT molecular complexity index is 382. The zero-order valence-corrected chi connectivity index (χ0v) is 11.3. The van der Waals surface area contributed by atoms with Gasteiger partial charge in [-0.25, -0.2) is 4.98 Å². The van der Waals surface area contributed by atoms with Crippen LogP contribution in [-0.4, -0.2) is 29.7 Å². The third-order valence-electron chi connectivity index (χ3n) is 2.17. The lowest BCUT2D eigenvalue weighted by atomic mass is 10.3. The molecule has 0 aromatic carbocycles. The lowest BCUT2D eigenvalue weighted by Crippen LogP contribution is -2.25. The summed E-state index contributed by atoms with van der Waals surface area (Å²) in [7, 11) is 1.95. The molecular weight excluding hydrogens is 234 g/mol. The molecule has 2 N–H and O–H groups in total. The topological polar surface area (TPSA) is 51.4 Å². The fourth-order valence-electron chi connectivity index (χ4n) is 1.40. The molecule has 1 aromatic heterocycles. The number of hydrogen-bond acceptors (Lipinski definition) is 4. The third-order valence-corrected chi connectivity index (χ3v) is 2.37. The van der Waals surface area contributed by atoms with Crippen molar-refractivity contribution < 1.29 is 4.74 Å². The first-order chi connectivity index (χ1) is 8.00. The number of thiocarbonyl (C=S) groups is 1. The van der Waals surface area contributed by atoms with Crippen LogP contribution in [0.25, 0.3) is 0 Å². The van der Waals surface area contributed by atoms with E-state index in [0.717, 1.165) is 18.1 Å². The summed E-state index contributed by atoms with van der Waals surface area (Å²) >= 11 is 4.87. The molecule has 4 nitrogen and oxygen atoms in total. The Balaban J connectivity index is 2.77. The highest BCUT2D eigenvalue weighted by Gasteiger charge is 2.10. The fraction of sp³-hybridized carbons (Fsp3) is 0.500. The van der Waals surface area contributed by atoms with Crippen LogP contribution in [0.1, 0.15) is 20.3 Å². The highest BCUT2D eigenvalue weighted by atomic mass is 32.1. The standard InChI is InChI=1S/C12H19N3OS/c1-9(2)16-10-5-4-7-14-12(10)15(3)8-6-11(13)17/h4-5,7,9H,6,8H2,1-3H3,(H2,13,17). The molecule has 0 fully saturated rings. The zero-order chi connectivity index (χ0) is 12.8. The van der Waals surface area contributed by atoms with Gasteiger partial charge in [-0.2, -0.15) is 0 Å². The molecule has 0 aliphatic rings. The summed E-state index contributed by atoms with van der Waals surface area (Å²) in [6.07, 6.45) is 2.55. The first-order valence-electron chi connectivity index (χ1n) is 5.62. The molecule has 0 saturated carbocycles. The SMILES string of the molecule is CC(C)Oc1cccnc1N(C)CCC(N)=S. The molecule has 0 unspecified atom stereocenters. The normalized spacial score (nSPS) is 10.4. The van der Waals surface area contributed by atoms with Crippen LogP contribution < -0.4 is 15.4 Å². The Hall–Kier alpha value is -1.36. The van der Waals surface area contributed by atoms with E-state index < -0.39 is 0 Å². The van der Waals surface area contributed by atoms with E-state index in [9.17, 15) is 0 Å². The third kappa shape index (κ3) is 4.56. The summed E-state index contributed by atoms with van der Waals surface area (Å²) in [6, 6.07) is 3.78. The van der Waals surface area contributed by atoms with Gasteiger partial charge in [-0.3, -0.25) is 0 Å². The minimum atomic E-state index is 0.127. The van der Waals surface area contributed by atoms with Crippen molar-refractivity contribution in [2.45, 2.75) is 26.4 Å². The predicted molar refractivity (Wildman–Crippen MR) is 74.7 cm³/mol. The van der Waals surface area contributed by atoms with E-state index in [1.807, 2.05) is 37.9 Å². The molecule has 5 heteroatoms. The molecule has 1 heterocycles. The second-order valence-electron chi connectivity index (χ2n) is 4.13. The van der Waals surface area contributed by atoms with Gasteiger partial charge >= 0.3 is 0 Å². The number of ether oxygens (including phenoxy) is 1. The van der Waals surface area contributed by atoms with Crippen molar-refractivity contribution in [1.29, 1.82) is 0 Å². The second-order valence-corrected chi connectivity index (χ2v) is 4.65. The summed E-state index contributed by atoms with van der Waals surface area (Å²) in [5.41, 5.74) is 5.49. The van der Waals surface area contributed by atoms with Gasteiger partial charge in [0.1, 0.15) is 0 Å². The molecule has 94 valence electrons. The van der Waals surface area contributed by atoms with Crippen molar-refractivity contribution in [3.8, 4) is 5.75 Å². The van der Waals surface area contributed by atoms with E-state index in [1.165, 1.54) is 0 Å². The first-order valence-corrected chi connectivity index (χ1v) is 6.02. The Morgan fingerprint density at radius 3 is 2.88 bits per heavy atom. The minimum Gasteiger partial charge on any atom is -0.487 e. The van der Waals surface area contributed by atoms with Gasteiger partial charge in [0.2, 0.25) is 0 Å². The molecular formula is C12H19N3OS. The minimum absolute atomic E-state index is 0.127. The molecule has 0 saturated heterocycles. The number of pyridine rings is 1. The van der Waals surface area contributed by atoms with Gasteiger partial charge in [0, 0.05) is 26.2 Å². The van der Waals surface area contributed by atoms with Gasteiger partial charge in [0.15, 0.2) is 11.6 Å². The van der Waals surface area contributed by atoms with Crippen LogP contribution in [-0.2, 0) is 0 Å². The van der Waals surface area contributed by atoms with Crippen LogP contribution in [0.5, 0.6) is 5.75 Å². The van der Waals surface area contributed by atoms with Crippen LogP contribution in [0, 0.1) is 0 Å². The van der Waals surface area contributed by atoms with Gasteiger partial charge < -0.3 is 15.4 Å². The lowest BCUT2D eigenvalue weighted by molar-refractivity contribution is 0.242. The van der Waals surface area contributed by atoms with Crippen LogP contribution in [0.4, 0.5) is 5.82 Å². The maximum Gasteiger partial charge on any atom is 0.171 e. The van der Waals surface area contributed by atoms with E-state index in [1.54, 1.807) is 6.20 Å². The Labute approximate surface area is 108 Å². The summed E-state index contributed by atoms with van der Waals surface area (Å²) in [6.45, 7) is 4.72. The van der Waals surface area contributed by atoms with Gasteiger partial charge in [0.05, 0.1) is 11.1 Å². The molecule has 0 radical (unpaired) electrons. The highest BCUT2D eigenvalue weighted by molar-refractivity contribution is 7.80. The van der Waals surface area contributed by atoms with Crippen molar-refractivity contribution in [2.24, 2.45) is 5.73 Å². The number of nitrogens with two attached hydrogens (primary N) is 1. The first kappa shape index (κ1) is 13.7. The summed E-state index contributed by atoms with van der Waals surface area (Å²) < 4.78 is 5.71. The fourth-order valence-corrected chi connectivity index (χ4v) is 1.49. The van der Waals surface area contributed by atoms with Crippen molar-refractivity contribution >= 4 is 23.0 Å². The van der Waals surface area contributed by atoms with Crippen molar-refractivity contribution in [3.63, 3.8) is 0 Å². The number of anilines is 1. The van der Waals surface area contributed by atoms with E-state index in [0.29, 0.717) is 11.4 Å². The molecule has 0 amide bonds. The zero-order valence-electron chi connectivity index (χ0n) is 10.5. The van der Waals surface area contributed by atoms with E-state index >= 15 is 0 Å². The van der Waals surface area contributed by atoms with Crippen LogP contribution in [0.15, 0.2) is 18.3 Å². The quantitative estimate of drug-likeness (QED) is 0.786. The van der Waals surface area contributed by atoms with Gasteiger partial charge in [-0.05, 0) is 26.0 Å². The molecule has 0 aliphatic heterocycles. The summed E-state index contributed by atoms with van der Waals surface area (Å²) in [4.78, 5) is 6.84. The van der Waals surface area contributed by atoms with Gasteiger partial charge in [0.25, 0.3) is 0 Å². The predicted octanol–water partition coefficient (Wildman–Crippen LogP) is 1.98. The van der Waals surface area contributed by atoms with Gasteiger partial charge in [-0.15, -0.1) is 0 Å². The molecule has 0 bridgehead atoms. The van der Waals surface area contributed by atoms with E-state index in [-0.39, 0.29) is 6.10 Å². The Kier molecular flexibility index (Phi) is 5.15. The largest absolute Gasteiger partial charge is 0.487 e. The molecule has 0 atom stereocenters. The number of hydrogen-bond donors (Lipinski definition) is 1. The average molecular weight is 253 g/mol. The Morgan fingerprint density at radius 2 is 2.29 bits per heavy atom. The lowest BCUT2D eigenvalue weighted by Gasteiger charge is -2.21. The van der Waals surface area contributed by atoms with Crippen LogP contribution in [0.2, 0.25) is 0 Å². The highest BCUT2D eigenvalue weighted by Crippen LogP contribution is 2.25. The number of rotatable bonds is 6. The van der Waals surface area contributed by atoms with E-state index in [2.05, 4.69) is 4.98 Å².